The van der Waals surface area contributed by atoms with Crippen LogP contribution in [0.4, 0.5) is 0 Å². The van der Waals surface area contributed by atoms with E-state index in [2.05, 4.69) is 48.6 Å². The van der Waals surface area contributed by atoms with Gasteiger partial charge in [-0.2, -0.15) is 0 Å². The molecule has 0 bridgehead atoms. The van der Waals surface area contributed by atoms with Crippen molar-refractivity contribution in [3.63, 3.8) is 0 Å². The van der Waals surface area contributed by atoms with Gasteiger partial charge in [-0.05, 0) is 51.4 Å². The third-order valence-electron chi connectivity index (χ3n) is 2.67. The largest absolute Gasteiger partial charge is 0.448 e. The van der Waals surface area contributed by atoms with Crippen LogP contribution in [0, 0.1) is 0 Å². The zero-order valence-electron chi connectivity index (χ0n) is 13.9. The summed E-state index contributed by atoms with van der Waals surface area (Å²) >= 11 is 0. The van der Waals surface area contributed by atoms with E-state index in [-0.39, 0.29) is 40.2 Å². The molecule has 2 rings (SSSR count). The normalized spacial score (nSPS) is 18.0. The van der Waals surface area contributed by atoms with Gasteiger partial charge in [0.05, 0.1) is 0 Å². The second-order valence-electron chi connectivity index (χ2n) is 4.20. The topological polar surface area (TPSA) is 45.8 Å². The fraction of sp³-hybridized carbons (Fsp3) is 0.556. The molecule has 4 heteroatoms. The van der Waals surface area contributed by atoms with Crippen LogP contribution in [0.2, 0.25) is 0 Å². The molecular formula is C18H34Ir2O2+2. The summed E-state index contributed by atoms with van der Waals surface area (Å²) in [6, 6.07) is 0. The van der Waals surface area contributed by atoms with Gasteiger partial charge in [0.15, 0.2) is 0 Å². The van der Waals surface area contributed by atoms with E-state index in [1.807, 2.05) is 0 Å². The van der Waals surface area contributed by atoms with Gasteiger partial charge in [0.2, 0.25) is 0 Å². The fourth-order valence-corrected chi connectivity index (χ4v) is 1.71. The molecule has 0 saturated carbocycles. The van der Waals surface area contributed by atoms with Crippen molar-refractivity contribution in [3.05, 3.63) is 48.6 Å². The van der Waals surface area contributed by atoms with Gasteiger partial charge in [-0.1, -0.05) is 48.6 Å². The molecule has 0 aromatic heterocycles. The molecular weight excluding hydrogens is 633 g/mol. The predicted octanol–water partition coefficient (Wildman–Crippen LogP) is 4.02. The minimum Gasteiger partial charge on any atom is -0.448 e. The van der Waals surface area contributed by atoms with Crippen molar-refractivity contribution in [1.82, 2.24) is 0 Å². The van der Waals surface area contributed by atoms with Crippen LogP contribution in [0.15, 0.2) is 48.6 Å². The number of rotatable bonds is 0. The van der Waals surface area contributed by atoms with Crippen LogP contribution in [0.5, 0.6) is 0 Å². The molecule has 0 spiro atoms. The molecule has 0 aliphatic heterocycles. The molecule has 134 valence electrons. The number of hydrogen-bond acceptors (Lipinski definition) is 0. The van der Waals surface area contributed by atoms with E-state index in [0.29, 0.717) is 0 Å². The summed E-state index contributed by atoms with van der Waals surface area (Å²) in [5, 5.41) is 11.5. The molecule has 0 saturated heterocycles. The van der Waals surface area contributed by atoms with Crippen molar-refractivity contribution in [2.75, 3.05) is 14.2 Å². The number of allylic oxidation sites excluding steroid dienone is 8. The average Bonchev–Trinajstić information content (AvgIpc) is 2.42. The summed E-state index contributed by atoms with van der Waals surface area (Å²) in [6.07, 6.45) is 28.0. The van der Waals surface area contributed by atoms with Gasteiger partial charge in [0.25, 0.3) is 0 Å². The van der Waals surface area contributed by atoms with E-state index in [1.165, 1.54) is 65.6 Å². The average molecular weight is 667 g/mol. The molecule has 2 nitrogen and oxygen atoms in total. The minimum atomic E-state index is 0. The number of hydrogen-bond donors (Lipinski definition) is 0. The minimum absolute atomic E-state index is 0. The Balaban J connectivity index is -0.000000112. The Kier molecular flexibility index (Phi) is 45.1. The van der Waals surface area contributed by atoms with Gasteiger partial charge >= 0.3 is 0 Å². The van der Waals surface area contributed by atoms with Crippen LogP contribution < -0.4 is 0 Å². The molecule has 0 aromatic carbocycles. The van der Waals surface area contributed by atoms with Crippen LogP contribution in [0.1, 0.15) is 51.4 Å². The molecule has 0 atom stereocenters. The van der Waals surface area contributed by atoms with Crippen LogP contribution in [-0.4, -0.2) is 24.4 Å². The van der Waals surface area contributed by atoms with E-state index in [0.717, 1.165) is 0 Å². The second kappa shape index (κ2) is 32.9. The van der Waals surface area contributed by atoms with Crippen molar-refractivity contribution < 1.29 is 50.4 Å². The third kappa shape index (κ3) is 28.4. The van der Waals surface area contributed by atoms with Crippen LogP contribution in [-0.2, 0) is 40.2 Å². The maximum absolute atomic E-state index is 5.75. The summed E-state index contributed by atoms with van der Waals surface area (Å²) in [6.45, 7) is 0. The van der Waals surface area contributed by atoms with Crippen molar-refractivity contribution >= 4 is 0 Å². The van der Waals surface area contributed by atoms with Crippen molar-refractivity contribution in [1.29, 1.82) is 0 Å². The predicted molar refractivity (Wildman–Crippen MR) is 92.6 cm³/mol. The van der Waals surface area contributed by atoms with Crippen LogP contribution >= 0.6 is 0 Å². The molecule has 2 radical (unpaired) electrons. The van der Waals surface area contributed by atoms with Crippen molar-refractivity contribution in [3.8, 4) is 0 Å². The summed E-state index contributed by atoms with van der Waals surface area (Å²) in [7, 11) is 2.50. The Bertz CT molecular complexity index is 192. The van der Waals surface area contributed by atoms with Crippen LogP contribution in [0.25, 0.3) is 0 Å². The first-order valence-electron chi connectivity index (χ1n) is 7.60. The molecule has 4 N–H and O–H groups in total. The Hall–Kier alpha value is 0.179. The summed E-state index contributed by atoms with van der Waals surface area (Å²) in [5.41, 5.74) is 0. The van der Waals surface area contributed by atoms with E-state index in [4.69, 9.17) is 10.2 Å². The Morgan fingerprint density at radius 1 is 0.364 bits per heavy atom. The van der Waals surface area contributed by atoms with Gasteiger partial charge in [-0.25, -0.2) is 0 Å². The Morgan fingerprint density at radius 2 is 0.455 bits per heavy atom. The molecule has 0 heterocycles. The first-order chi connectivity index (χ1) is 10.0. The summed E-state index contributed by atoms with van der Waals surface area (Å²) in [4.78, 5) is 0. The maximum atomic E-state index is 5.75. The van der Waals surface area contributed by atoms with Crippen molar-refractivity contribution in [2.45, 2.75) is 51.4 Å². The van der Waals surface area contributed by atoms with Crippen molar-refractivity contribution in [2.24, 2.45) is 0 Å². The van der Waals surface area contributed by atoms with E-state index < -0.39 is 0 Å². The molecule has 2 aliphatic rings. The first-order valence-corrected chi connectivity index (χ1v) is 7.60. The standard InChI is InChI=1S/2C8H12.2CH4O.2Ir/c2*1-2-4-6-8-7-5-3-1;2*1-2;;/h2*1-2,7-8H,3-6H2;2*2H,1H3;;/p+2/b2*2-1-,8-7?;;;;. The molecule has 22 heavy (non-hydrogen) atoms. The molecule has 0 unspecified atom stereocenters. The molecule has 0 fully saturated rings. The van der Waals surface area contributed by atoms with Gasteiger partial charge in [0, 0.05) is 40.2 Å². The van der Waals surface area contributed by atoms with E-state index >= 15 is 0 Å². The monoisotopic (exact) mass is 668 g/mol. The van der Waals surface area contributed by atoms with E-state index in [9.17, 15) is 0 Å². The Morgan fingerprint density at radius 3 is 0.545 bits per heavy atom. The smallest absolute Gasteiger partial charge is 0.133 e. The zero-order chi connectivity index (χ0) is 15.3. The molecule has 2 aliphatic carbocycles. The molecule has 0 amide bonds. The first kappa shape index (κ1) is 30.1. The maximum Gasteiger partial charge on any atom is 0.133 e. The van der Waals surface area contributed by atoms with Gasteiger partial charge in [-0.3, -0.25) is 0 Å². The zero-order valence-corrected chi connectivity index (χ0v) is 18.7. The SMILES string of the molecule is C1=CCC/C=C\CC1.C1=CCC/C=C\CC1.C[OH2+].C[OH2+].[Ir].[Ir]. The van der Waals surface area contributed by atoms with Crippen LogP contribution in [0.3, 0.4) is 0 Å². The van der Waals surface area contributed by atoms with Gasteiger partial charge in [-0.15, -0.1) is 0 Å². The quantitative estimate of drug-likeness (QED) is 0.277. The summed E-state index contributed by atoms with van der Waals surface area (Å²) in [5.74, 6) is 0. The summed E-state index contributed by atoms with van der Waals surface area (Å²) < 4.78 is 0. The van der Waals surface area contributed by atoms with E-state index in [1.54, 1.807) is 0 Å². The van der Waals surface area contributed by atoms with Gasteiger partial charge < -0.3 is 10.2 Å². The van der Waals surface area contributed by atoms with Gasteiger partial charge in [0.1, 0.15) is 14.2 Å². The fourth-order valence-electron chi connectivity index (χ4n) is 1.71. The molecule has 0 aromatic rings. The second-order valence-corrected chi connectivity index (χ2v) is 4.20. The third-order valence-corrected chi connectivity index (χ3v) is 2.67. The Labute approximate surface area is 164 Å².